The Morgan fingerprint density at radius 1 is 1.22 bits per heavy atom. The van der Waals surface area contributed by atoms with Crippen molar-refractivity contribution in [1.82, 2.24) is 10.3 Å². The van der Waals surface area contributed by atoms with E-state index in [0.717, 1.165) is 18.6 Å². The first-order chi connectivity index (χ1) is 13.0. The van der Waals surface area contributed by atoms with Crippen molar-refractivity contribution in [2.24, 2.45) is 0 Å². The molecule has 0 bridgehead atoms. The highest BCUT2D eigenvalue weighted by Gasteiger charge is 2.28. The van der Waals surface area contributed by atoms with E-state index in [2.05, 4.69) is 10.3 Å². The van der Waals surface area contributed by atoms with E-state index >= 15 is 0 Å². The molecule has 0 spiro atoms. The van der Waals surface area contributed by atoms with Crippen LogP contribution in [0, 0.1) is 6.92 Å². The summed E-state index contributed by atoms with van der Waals surface area (Å²) in [4.78, 5) is 29.5. The second kappa shape index (κ2) is 6.87. The van der Waals surface area contributed by atoms with E-state index in [-0.39, 0.29) is 11.9 Å². The van der Waals surface area contributed by atoms with Gasteiger partial charge in [-0.25, -0.2) is 9.78 Å². The quantitative estimate of drug-likeness (QED) is 0.699. The molecule has 1 saturated carbocycles. The van der Waals surface area contributed by atoms with Crippen LogP contribution in [0.3, 0.4) is 0 Å². The number of carbonyl (C=O) groups is 2. The first-order valence-corrected chi connectivity index (χ1v) is 8.99. The van der Waals surface area contributed by atoms with Gasteiger partial charge in [0, 0.05) is 11.4 Å². The maximum absolute atomic E-state index is 12.8. The second-order valence-corrected chi connectivity index (χ2v) is 6.81. The molecule has 1 aliphatic carbocycles. The Morgan fingerprint density at radius 2 is 2.00 bits per heavy atom. The maximum atomic E-state index is 12.8. The van der Waals surface area contributed by atoms with Gasteiger partial charge in [0.15, 0.2) is 11.9 Å². The summed E-state index contributed by atoms with van der Waals surface area (Å²) in [6.07, 6.45) is 1.10. The number of ether oxygens (including phenoxy) is 1. The van der Waals surface area contributed by atoms with Crippen molar-refractivity contribution in [3.8, 4) is 11.5 Å². The summed E-state index contributed by atoms with van der Waals surface area (Å²) < 4.78 is 11.1. The minimum atomic E-state index is -0.862. The fraction of sp³-hybridized carbons (Fsp3) is 0.286. The molecule has 0 radical (unpaired) electrons. The number of para-hydroxylation sites is 1. The fourth-order valence-corrected chi connectivity index (χ4v) is 2.87. The number of nitrogens with zero attached hydrogens (tertiary/aromatic N) is 1. The highest BCUT2D eigenvalue weighted by atomic mass is 16.5. The number of furan rings is 1. The lowest BCUT2D eigenvalue weighted by atomic mass is 10.1. The summed E-state index contributed by atoms with van der Waals surface area (Å²) in [6.45, 7) is 3.43. The number of rotatable bonds is 5. The van der Waals surface area contributed by atoms with Gasteiger partial charge in [-0.2, -0.15) is 0 Å². The van der Waals surface area contributed by atoms with Crippen LogP contribution in [0.15, 0.2) is 46.9 Å². The van der Waals surface area contributed by atoms with Crippen LogP contribution in [0.5, 0.6) is 0 Å². The number of pyridine rings is 1. The molecule has 1 aliphatic rings. The molecule has 2 aromatic heterocycles. The van der Waals surface area contributed by atoms with Crippen LogP contribution >= 0.6 is 0 Å². The Labute approximate surface area is 156 Å². The number of nitrogens with one attached hydrogen (secondary N) is 1. The molecular formula is C21H20N2O4. The first-order valence-electron chi connectivity index (χ1n) is 8.99. The van der Waals surface area contributed by atoms with Crippen molar-refractivity contribution in [3.05, 3.63) is 53.8 Å². The zero-order chi connectivity index (χ0) is 19.0. The third-order valence-corrected chi connectivity index (χ3v) is 4.51. The molecule has 0 unspecified atom stereocenters. The van der Waals surface area contributed by atoms with Crippen LogP contribution in [0.2, 0.25) is 0 Å². The van der Waals surface area contributed by atoms with E-state index in [4.69, 9.17) is 9.15 Å². The lowest BCUT2D eigenvalue weighted by Crippen LogP contribution is -2.37. The molecular weight excluding hydrogens is 344 g/mol. The minimum Gasteiger partial charge on any atom is -0.460 e. The highest BCUT2D eigenvalue weighted by Crippen LogP contribution is 2.27. The molecule has 6 nitrogen and oxygen atoms in total. The van der Waals surface area contributed by atoms with Crippen LogP contribution in [0.4, 0.5) is 0 Å². The summed E-state index contributed by atoms with van der Waals surface area (Å²) in [6, 6.07) is 12.8. The zero-order valence-electron chi connectivity index (χ0n) is 15.2. The van der Waals surface area contributed by atoms with Crippen molar-refractivity contribution in [2.45, 2.75) is 38.8 Å². The van der Waals surface area contributed by atoms with Crippen molar-refractivity contribution in [2.75, 3.05) is 0 Å². The monoisotopic (exact) mass is 364 g/mol. The lowest BCUT2D eigenvalue weighted by Gasteiger charge is -2.14. The predicted octanol–water partition coefficient (Wildman–Crippen LogP) is 3.63. The summed E-state index contributed by atoms with van der Waals surface area (Å²) >= 11 is 0. The van der Waals surface area contributed by atoms with Gasteiger partial charge >= 0.3 is 5.97 Å². The van der Waals surface area contributed by atoms with Gasteiger partial charge in [0.05, 0.1) is 11.1 Å². The first kappa shape index (κ1) is 17.3. The highest BCUT2D eigenvalue weighted by molar-refractivity contribution is 6.05. The Morgan fingerprint density at radius 3 is 2.70 bits per heavy atom. The van der Waals surface area contributed by atoms with Gasteiger partial charge in [-0.15, -0.1) is 0 Å². The molecule has 2 heterocycles. The standard InChI is InChI=1S/C21H20N2O4/c1-12-7-10-19(26-12)18-11-16(15-5-3-4-6-17(15)23-18)21(25)27-13(2)20(24)22-14-8-9-14/h3-7,10-11,13-14H,8-9H2,1-2H3,(H,22,24)/t13-/m1/s1. The summed E-state index contributed by atoms with van der Waals surface area (Å²) in [5, 5.41) is 3.51. The minimum absolute atomic E-state index is 0.217. The van der Waals surface area contributed by atoms with Crippen LogP contribution in [0.1, 0.15) is 35.9 Å². The number of hydrogen-bond acceptors (Lipinski definition) is 5. The number of benzene rings is 1. The van der Waals surface area contributed by atoms with Gasteiger partial charge in [0.25, 0.3) is 5.91 Å². The normalized spacial score (nSPS) is 14.7. The van der Waals surface area contributed by atoms with Crippen LogP contribution in [-0.4, -0.2) is 29.0 Å². The molecule has 1 fully saturated rings. The zero-order valence-corrected chi connectivity index (χ0v) is 15.2. The molecule has 27 heavy (non-hydrogen) atoms. The SMILES string of the molecule is Cc1ccc(-c2cc(C(=O)O[C@H](C)C(=O)NC3CC3)c3ccccc3n2)o1. The number of aromatic nitrogens is 1. The summed E-state index contributed by atoms with van der Waals surface area (Å²) in [5.41, 5.74) is 1.56. The summed E-state index contributed by atoms with van der Waals surface area (Å²) in [7, 11) is 0. The van der Waals surface area contributed by atoms with E-state index in [1.807, 2.05) is 43.3 Å². The van der Waals surface area contributed by atoms with Crippen LogP contribution in [0.25, 0.3) is 22.4 Å². The Bertz CT molecular complexity index is 1020. The van der Waals surface area contributed by atoms with E-state index in [9.17, 15) is 9.59 Å². The maximum Gasteiger partial charge on any atom is 0.339 e. The van der Waals surface area contributed by atoms with Crippen molar-refractivity contribution in [1.29, 1.82) is 0 Å². The lowest BCUT2D eigenvalue weighted by molar-refractivity contribution is -0.129. The van der Waals surface area contributed by atoms with Crippen LogP contribution < -0.4 is 5.32 Å². The molecule has 1 atom stereocenters. The van der Waals surface area contributed by atoms with Crippen molar-refractivity contribution >= 4 is 22.8 Å². The largest absolute Gasteiger partial charge is 0.460 e. The molecule has 0 saturated heterocycles. The number of carbonyl (C=O) groups excluding carboxylic acids is 2. The van der Waals surface area contributed by atoms with E-state index < -0.39 is 12.1 Å². The van der Waals surface area contributed by atoms with Gasteiger partial charge in [-0.1, -0.05) is 18.2 Å². The van der Waals surface area contributed by atoms with Gasteiger partial charge < -0.3 is 14.5 Å². The van der Waals surface area contributed by atoms with Crippen molar-refractivity contribution < 1.29 is 18.7 Å². The molecule has 6 heteroatoms. The van der Waals surface area contributed by atoms with Gasteiger partial charge in [0.2, 0.25) is 0 Å². The Kier molecular flexibility index (Phi) is 4.39. The molecule has 0 aliphatic heterocycles. The molecule has 4 rings (SSSR count). The third kappa shape index (κ3) is 3.69. The predicted molar refractivity (Wildman–Crippen MR) is 100 cm³/mol. The number of hydrogen-bond donors (Lipinski definition) is 1. The number of aryl methyl sites for hydroxylation is 1. The second-order valence-electron chi connectivity index (χ2n) is 6.81. The Hall–Kier alpha value is -3.15. The Balaban J connectivity index is 1.66. The fourth-order valence-electron chi connectivity index (χ4n) is 2.87. The van der Waals surface area contributed by atoms with E-state index in [1.165, 1.54) is 0 Å². The van der Waals surface area contributed by atoms with E-state index in [1.54, 1.807) is 13.0 Å². The molecule has 3 aromatic rings. The average Bonchev–Trinajstić information content (AvgIpc) is 3.37. The number of esters is 1. The van der Waals surface area contributed by atoms with Gasteiger partial charge in [0.1, 0.15) is 11.5 Å². The van der Waals surface area contributed by atoms with Gasteiger partial charge in [-0.05, 0) is 51.0 Å². The van der Waals surface area contributed by atoms with Gasteiger partial charge in [-0.3, -0.25) is 4.79 Å². The number of amides is 1. The topological polar surface area (TPSA) is 81.4 Å². The number of fused-ring (bicyclic) bond motifs is 1. The molecule has 1 aromatic carbocycles. The van der Waals surface area contributed by atoms with Crippen molar-refractivity contribution in [3.63, 3.8) is 0 Å². The molecule has 1 N–H and O–H groups in total. The smallest absolute Gasteiger partial charge is 0.339 e. The molecule has 1 amide bonds. The van der Waals surface area contributed by atoms with Crippen LogP contribution in [-0.2, 0) is 9.53 Å². The summed E-state index contributed by atoms with van der Waals surface area (Å²) in [5.74, 6) is 0.504. The third-order valence-electron chi connectivity index (χ3n) is 4.51. The van der Waals surface area contributed by atoms with E-state index in [0.29, 0.717) is 27.9 Å². The molecule has 138 valence electrons. The average molecular weight is 364 g/mol.